The predicted octanol–water partition coefficient (Wildman–Crippen LogP) is 1.55. The largest absolute Gasteiger partial charge is 0.491 e. The minimum atomic E-state index is -0.937. The van der Waals surface area contributed by atoms with Gasteiger partial charge in [0.2, 0.25) is 0 Å². The van der Waals surface area contributed by atoms with Crippen LogP contribution in [0.1, 0.15) is 19.4 Å². The summed E-state index contributed by atoms with van der Waals surface area (Å²) < 4.78 is 21.6. The Bertz CT molecular complexity index is 638. The van der Waals surface area contributed by atoms with Crippen molar-refractivity contribution in [1.82, 2.24) is 0 Å². The summed E-state index contributed by atoms with van der Waals surface area (Å²) in [4.78, 5) is 33.8. The number of rotatable bonds is 7. The summed E-state index contributed by atoms with van der Waals surface area (Å²) in [5, 5.41) is 0. The van der Waals surface area contributed by atoms with E-state index in [1.54, 1.807) is 0 Å². The lowest BCUT2D eigenvalue weighted by atomic mass is 9.99. The third-order valence-corrected chi connectivity index (χ3v) is 3.54. The van der Waals surface area contributed by atoms with Gasteiger partial charge in [-0.3, -0.25) is 14.4 Å². The van der Waals surface area contributed by atoms with Crippen molar-refractivity contribution in [2.75, 3.05) is 6.61 Å². The van der Waals surface area contributed by atoms with Crippen LogP contribution < -0.4 is 0 Å². The van der Waals surface area contributed by atoms with E-state index in [-0.39, 0.29) is 18.8 Å². The molecule has 0 aliphatic carbocycles. The summed E-state index contributed by atoms with van der Waals surface area (Å²) in [5.41, 5.74) is 1.05. The predicted molar refractivity (Wildman–Crippen MR) is 86.2 cm³/mol. The molecule has 3 atom stereocenters. The van der Waals surface area contributed by atoms with E-state index in [0.717, 1.165) is 5.56 Å². The van der Waals surface area contributed by atoms with E-state index in [9.17, 15) is 14.4 Å². The number of benzene rings is 1. The van der Waals surface area contributed by atoms with Crippen LogP contribution in [0.15, 0.2) is 42.2 Å². The number of aldehydes is 1. The zero-order chi connectivity index (χ0) is 18.2. The lowest BCUT2D eigenvalue weighted by molar-refractivity contribution is -0.173. The van der Waals surface area contributed by atoms with Gasteiger partial charge in [0.1, 0.15) is 12.7 Å². The summed E-state index contributed by atoms with van der Waals surface area (Å²) in [5.74, 6) is -1.03. The molecule has 0 saturated carbocycles. The molecular weight excluding hydrogens is 328 g/mol. The van der Waals surface area contributed by atoms with Crippen molar-refractivity contribution >= 4 is 18.2 Å². The highest BCUT2D eigenvalue weighted by molar-refractivity contribution is 5.76. The normalized spacial score (nSPS) is 22.3. The fourth-order valence-electron chi connectivity index (χ4n) is 2.40. The van der Waals surface area contributed by atoms with Crippen LogP contribution in [0.25, 0.3) is 0 Å². The molecule has 1 heterocycles. The molecule has 1 aromatic rings. The van der Waals surface area contributed by atoms with Crippen molar-refractivity contribution in [3.8, 4) is 0 Å². The summed E-state index contributed by atoms with van der Waals surface area (Å²) >= 11 is 0. The van der Waals surface area contributed by atoms with Crippen LogP contribution in [0.3, 0.4) is 0 Å². The van der Waals surface area contributed by atoms with Gasteiger partial charge in [-0.05, 0) is 5.56 Å². The Kier molecular flexibility index (Phi) is 6.71. The van der Waals surface area contributed by atoms with Crippen LogP contribution in [-0.2, 0) is 39.9 Å². The molecule has 1 aliphatic heterocycles. The number of esters is 2. The molecule has 25 heavy (non-hydrogen) atoms. The first-order valence-corrected chi connectivity index (χ1v) is 7.78. The average molecular weight is 348 g/mol. The van der Waals surface area contributed by atoms with Crippen LogP contribution >= 0.6 is 0 Å². The second kappa shape index (κ2) is 8.98. The van der Waals surface area contributed by atoms with Gasteiger partial charge in [0.15, 0.2) is 18.5 Å². The van der Waals surface area contributed by atoms with Crippen molar-refractivity contribution in [3.63, 3.8) is 0 Å². The first-order valence-electron chi connectivity index (χ1n) is 7.78. The van der Waals surface area contributed by atoms with Gasteiger partial charge < -0.3 is 18.9 Å². The van der Waals surface area contributed by atoms with Crippen LogP contribution in [0.5, 0.6) is 0 Å². The van der Waals surface area contributed by atoms with Crippen molar-refractivity contribution in [2.45, 2.75) is 38.8 Å². The second-order valence-corrected chi connectivity index (χ2v) is 5.50. The Morgan fingerprint density at radius 3 is 2.48 bits per heavy atom. The molecule has 0 radical (unpaired) electrons. The molecule has 1 aromatic carbocycles. The van der Waals surface area contributed by atoms with Gasteiger partial charge >= 0.3 is 11.9 Å². The number of ether oxygens (including phenoxy) is 4. The Labute approximate surface area is 145 Å². The summed E-state index contributed by atoms with van der Waals surface area (Å²) in [7, 11) is 0. The van der Waals surface area contributed by atoms with Gasteiger partial charge in [-0.25, -0.2) is 0 Å². The number of carbonyl (C=O) groups is 3. The Hall–Kier alpha value is -2.67. The van der Waals surface area contributed by atoms with E-state index >= 15 is 0 Å². The molecule has 0 fully saturated rings. The van der Waals surface area contributed by atoms with E-state index in [4.69, 9.17) is 18.9 Å². The smallest absolute Gasteiger partial charge is 0.303 e. The number of carbonyl (C=O) groups excluding carboxylic acids is 3. The number of hydrogen-bond acceptors (Lipinski definition) is 7. The van der Waals surface area contributed by atoms with E-state index in [2.05, 4.69) is 0 Å². The van der Waals surface area contributed by atoms with E-state index in [1.165, 1.54) is 20.1 Å². The average Bonchev–Trinajstić information content (AvgIpc) is 2.59. The molecule has 0 spiro atoms. The van der Waals surface area contributed by atoms with Gasteiger partial charge in [0.25, 0.3) is 0 Å². The molecular formula is C18H20O7. The monoisotopic (exact) mass is 348 g/mol. The molecule has 0 bridgehead atoms. The maximum atomic E-state index is 11.4. The topological polar surface area (TPSA) is 88.1 Å². The minimum absolute atomic E-state index is 0.0881. The Morgan fingerprint density at radius 1 is 1.16 bits per heavy atom. The van der Waals surface area contributed by atoms with Gasteiger partial charge in [-0.15, -0.1) is 0 Å². The van der Waals surface area contributed by atoms with Gasteiger partial charge in [-0.2, -0.15) is 0 Å². The first kappa shape index (κ1) is 18.7. The zero-order valence-corrected chi connectivity index (χ0v) is 14.0. The molecule has 134 valence electrons. The minimum Gasteiger partial charge on any atom is -0.491 e. The highest BCUT2D eigenvalue weighted by atomic mass is 16.6. The van der Waals surface area contributed by atoms with Crippen LogP contribution in [0.4, 0.5) is 0 Å². The van der Waals surface area contributed by atoms with E-state index in [1.807, 2.05) is 30.3 Å². The van der Waals surface area contributed by atoms with E-state index in [0.29, 0.717) is 6.29 Å². The zero-order valence-electron chi connectivity index (χ0n) is 14.0. The molecule has 7 heteroatoms. The van der Waals surface area contributed by atoms with Crippen molar-refractivity contribution in [2.24, 2.45) is 0 Å². The standard InChI is InChI=1S/C18H20O7/c1-12(20)22-11-16-18(24-9-14-6-4-3-5-7-14)17(25-13(2)21)15(8-19)10-23-16/h3-8,10,16-18H,9,11H2,1-2H3/t16-,17+,18-/m1/s1. The van der Waals surface area contributed by atoms with E-state index < -0.39 is 30.3 Å². The maximum absolute atomic E-state index is 11.4. The lowest BCUT2D eigenvalue weighted by Gasteiger charge is -2.35. The van der Waals surface area contributed by atoms with Crippen LogP contribution in [0.2, 0.25) is 0 Å². The maximum Gasteiger partial charge on any atom is 0.303 e. The van der Waals surface area contributed by atoms with Gasteiger partial charge in [0.05, 0.1) is 18.4 Å². The molecule has 1 aliphatic rings. The number of hydrogen-bond donors (Lipinski definition) is 0. The van der Waals surface area contributed by atoms with Gasteiger partial charge in [0, 0.05) is 13.8 Å². The second-order valence-electron chi connectivity index (χ2n) is 5.50. The van der Waals surface area contributed by atoms with Crippen molar-refractivity contribution in [1.29, 1.82) is 0 Å². The highest BCUT2D eigenvalue weighted by Gasteiger charge is 2.40. The Balaban J connectivity index is 2.19. The summed E-state index contributed by atoms with van der Waals surface area (Å²) in [6.45, 7) is 2.65. The summed E-state index contributed by atoms with van der Waals surface area (Å²) in [6.07, 6.45) is -0.687. The fourth-order valence-corrected chi connectivity index (χ4v) is 2.40. The molecule has 0 saturated heterocycles. The van der Waals surface area contributed by atoms with Crippen LogP contribution in [0, 0.1) is 0 Å². The molecule has 0 unspecified atom stereocenters. The van der Waals surface area contributed by atoms with Crippen LogP contribution in [-0.4, -0.2) is 43.1 Å². The van der Waals surface area contributed by atoms with Crippen molar-refractivity contribution in [3.05, 3.63) is 47.7 Å². The molecule has 0 aromatic heterocycles. The molecule has 7 nitrogen and oxygen atoms in total. The molecule has 2 rings (SSSR count). The fraction of sp³-hybridized carbons (Fsp3) is 0.389. The molecule has 0 N–H and O–H groups in total. The SMILES string of the molecule is CC(=O)OC[C@H]1OC=C(C=O)[C@H](OC(C)=O)[C@@H]1OCc1ccccc1. The highest BCUT2D eigenvalue weighted by Crippen LogP contribution is 2.25. The quantitative estimate of drug-likeness (QED) is 0.545. The van der Waals surface area contributed by atoms with Gasteiger partial charge in [-0.1, -0.05) is 30.3 Å². The summed E-state index contributed by atoms with van der Waals surface area (Å²) in [6, 6.07) is 9.37. The lowest BCUT2D eigenvalue weighted by Crippen LogP contribution is -2.49. The Morgan fingerprint density at radius 2 is 1.88 bits per heavy atom. The first-order chi connectivity index (χ1) is 12.0. The molecule has 0 amide bonds. The third-order valence-electron chi connectivity index (χ3n) is 3.54. The third kappa shape index (κ3) is 5.42. The van der Waals surface area contributed by atoms with Crippen molar-refractivity contribution < 1.29 is 33.3 Å².